The van der Waals surface area contributed by atoms with E-state index in [4.69, 9.17) is 60.6 Å². The van der Waals surface area contributed by atoms with Crippen molar-refractivity contribution in [3.63, 3.8) is 0 Å². The molecule has 16 aromatic rings. The van der Waals surface area contributed by atoms with Crippen LogP contribution in [0.25, 0.3) is 89.2 Å². The third kappa shape index (κ3) is 23.6. The smallest absolute Gasteiger partial charge is 0.142 e. The predicted molar refractivity (Wildman–Crippen MR) is 515 cm³/mol. The summed E-state index contributed by atoms with van der Waals surface area (Å²) in [6.07, 6.45) is 22.2. The second-order valence-corrected chi connectivity index (χ2v) is 30.5. The van der Waals surface area contributed by atoms with Gasteiger partial charge in [-0.25, -0.2) is 19.9 Å². The summed E-state index contributed by atoms with van der Waals surface area (Å²) in [7, 11) is 15.2. The van der Waals surface area contributed by atoms with E-state index in [0.29, 0.717) is 47.4 Å². The highest BCUT2D eigenvalue weighted by molar-refractivity contribution is 5.88. The molecule has 0 aliphatic carbocycles. The average molecular weight is 1750 g/mol. The first-order valence-corrected chi connectivity index (χ1v) is 42.3. The van der Waals surface area contributed by atoms with Crippen LogP contribution in [0.4, 0.5) is 45.5 Å². The molecule has 16 rings (SSSR count). The summed E-state index contributed by atoms with van der Waals surface area (Å²) in [6, 6.07) is 48.7. The van der Waals surface area contributed by atoms with E-state index in [2.05, 4.69) is 171 Å². The highest BCUT2D eigenvalue weighted by Crippen LogP contribution is 2.42. The maximum Gasteiger partial charge on any atom is 0.142 e. The van der Waals surface area contributed by atoms with E-state index in [9.17, 15) is 0 Å². The molecule has 0 bridgehead atoms. The number of methoxy groups -OCH3 is 8. The lowest BCUT2D eigenvalue weighted by Crippen LogP contribution is -2.32. The molecule has 31 nitrogen and oxygen atoms in total. The lowest BCUT2D eigenvalue weighted by Gasteiger charge is -2.28. The Kier molecular flexibility index (Phi) is 31.7. The van der Waals surface area contributed by atoms with Crippen LogP contribution >= 0.6 is 0 Å². The van der Waals surface area contributed by atoms with E-state index >= 15 is 0 Å². The van der Waals surface area contributed by atoms with Gasteiger partial charge >= 0.3 is 0 Å². The summed E-state index contributed by atoms with van der Waals surface area (Å²) in [5.41, 5.74) is 20.7. The molecular formula is C98H117N23O8. The number of aryl methyl sites for hydroxylation is 1. The van der Waals surface area contributed by atoms with Crippen molar-refractivity contribution in [1.82, 2.24) is 95.8 Å². The van der Waals surface area contributed by atoms with Crippen molar-refractivity contribution in [2.75, 3.05) is 129 Å². The minimum absolute atomic E-state index is 0. The molecule has 8 aromatic heterocycles. The van der Waals surface area contributed by atoms with Crippen molar-refractivity contribution in [2.24, 2.45) is 0 Å². The Morgan fingerprint density at radius 1 is 0.364 bits per heavy atom. The summed E-state index contributed by atoms with van der Waals surface area (Å²) in [5, 5.41) is 32.4. The maximum absolute atomic E-state index is 7.88. The first-order chi connectivity index (χ1) is 63.0. The molecule has 0 saturated carbocycles. The van der Waals surface area contributed by atoms with Gasteiger partial charge in [0.25, 0.3) is 0 Å². The lowest BCUT2D eigenvalue weighted by atomic mass is 10.1. The Morgan fingerprint density at radius 3 is 1.06 bits per heavy atom. The quantitative estimate of drug-likeness (QED) is 0.0246. The molecule has 672 valence electrons. The number of hydrogen-bond donors (Lipinski definition) is 5. The molecule has 0 aliphatic heterocycles. The minimum Gasteiger partial charge on any atom is -0.497 e. The van der Waals surface area contributed by atoms with Crippen molar-refractivity contribution in [3.8, 4) is 91.0 Å². The van der Waals surface area contributed by atoms with Crippen LogP contribution in [0.1, 0.15) is 78.0 Å². The van der Waals surface area contributed by atoms with Gasteiger partial charge in [0.15, 0.2) is 0 Å². The molecule has 8 aromatic carbocycles. The first-order valence-electron chi connectivity index (χ1n) is 43.3. The highest BCUT2D eigenvalue weighted by atomic mass is 16.5. The zero-order valence-corrected chi connectivity index (χ0v) is 75.5. The Labute approximate surface area is 756 Å². The largest absolute Gasteiger partial charge is 0.497 e. The van der Waals surface area contributed by atoms with Gasteiger partial charge in [-0.3, -0.25) is 39.5 Å². The van der Waals surface area contributed by atoms with Gasteiger partial charge in [-0.2, -0.15) is 20.4 Å². The summed E-state index contributed by atoms with van der Waals surface area (Å²) >= 11 is 0. The first kappa shape index (κ1) is 90.7. The Morgan fingerprint density at radius 2 is 0.729 bits per heavy atom. The number of aromatic amines is 2. The second-order valence-electron chi connectivity index (χ2n) is 30.5. The zero-order chi connectivity index (χ0) is 92.0. The van der Waals surface area contributed by atoms with E-state index in [1.807, 2.05) is 146 Å². The van der Waals surface area contributed by atoms with Crippen LogP contribution in [0, 0.1) is 0 Å². The summed E-state index contributed by atoms with van der Waals surface area (Å²) in [6.45, 7) is 20.1. The predicted octanol–water partition coefficient (Wildman–Crippen LogP) is 18.5. The number of likely N-dealkylation sites (N-methyl/N-ethyl adjacent to an activating group) is 1. The number of rotatable bonds is 35. The third-order valence-electron chi connectivity index (χ3n) is 20.9. The highest BCUT2D eigenvalue weighted by Gasteiger charge is 2.23. The van der Waals surface area contributed by atoms with Crippen molar-refractivity contribution in [3.05, 3.63) is 220 Å². The number of H-pyrrole nitrogens is 2. The van der Waals surface area contributed by atoms with Gasteiger partial charge in [0.05, 0.1) is 187 Å². The molecule has 31 heteroatoms. The number of aromatic nitrogens is 16. The number of benzene rings is 8. The van der Waals surface area contributed by atoms with Crippen molar-refractivity contribution in [2.45, 2.75) is 93.9 Å². The van der Waals surface area contributed by atoms with Gasteiger partial charge in [-0.15, -0.1) is 0 Å². The van der Waals surface area contributed by atoms with Crippen molar-refractivity contribution >= 4 is 89.6 Å². The maximum atomic E-state index is 7.88. The Balaban J connectivity index is 0.000000158. The van der Waals surface area contributed by atoms with Gasteiger partial charge < -0.3 is 73.4 Å². The lowest BCUT2D eigenvalue weighted by molar-refractivity contribution is 0.394. The van der Waals surface area contributed by atoms with Crippen LogP contribution in [0.2, 0.25) is 0 Å². The number of anilines is 8. The molecule has 0 fully saturated rings. The molecule has 0 aliphatic rings. The molecule has 8 heterocycles. The Hall–Kier alpha value is -14.6. The fourth-order valence-corrected chi connectivity index (χ4v) is 14.2. The topological polar surface area (TPSA) is 319 Å². The number of nitrogens with one attached hydrogen (secondary N) is 5. The van der Waals surface area contributed by atoms with Crippen molar-refractivity contribution in [1.29, 1.82) is 0 Å². The van der Waals surface area contributed by atoms with Gasteiger partial charge in [-0.1, -0.05) is 42.0 Å². The molecule has 0 atom stereocenters. The number of hydrogen-bond acceptors (Lipinski definition) is 27. The van der Waals surface area contributed by atoms with Gasteiger partial charge in [0.2, 0.25) is 0 Å². The van der Waals surface area contributed by atoms with Gasteiger partial charge in [-0.05, 0) is 131 Å². The number of fused-ring (bicyclic) bond motifs is 4. The molecule has 0 radical (unpaired) electrons. The molecule has 129 heavy (non-hydrogen) atoms. The Bertz CT molecular complexity index is 6350. The van der Waals surface area contributed by atoms with Gasteiger partial charge in [0.1, 0.15) is 46.0 Å². The van der Waals surface area contributed by atoms with Crippen LogP contribution < -0.4 is 73.4 Å². The van der Waals surface area contributed by atoms with Crippen LogP contribution in [-0.4, -0.2) is 202 Å². The van der Waals surface area contributed by atoms with E-state index < -0.39 is 6.50 Å². The fraction of sp³-hybridized carbons (Fsp3) is 0.306. The number of nitrogens with zero attached hydrogens (tertiary/aromatic N) is 18. The molecule has 0 spiro atoms. The molecule has 0 saturated heterocycles. The monoisotopic (exact) mass is 1750 g/mol. The van der Waals surface area contributed by atoms with E-state index in [0.717, 1.165) is 204 Å². The van der Waals surface area contributed by atoms with Gasteiger partial charge in [0, 0.05) is 200 Å². The normalized spacial score (nSPS) is 11.4. The van der Waals surface area contributed by atoms with E-state index in [1.165, 1.54) is 11.6 Å². The standard InChI is InChI=1S/C26H32N6O2.C25H30N6O2.C24H28N6O2.C22H23N5O2.CH4/c1-6-31-17-19(15-29-31)26-16-28-24-8-7-20(13-25(24)30-26)32(10-9-27-18(2)3)21-11-22(33-4)14-23(12-21)34-5;1-17(2)31-16-18(14-28-31)25-15-27-23-7-6-19(12-24(23)29-25)30(9-8-26-3)20-10-21(32-4)13-22(11-20)33-5;1-16(2)25-9-10-30(23-12-19(31-3)6-8-24(23)32-4)18-5-7-20-21(11-18)29-22(15-26-20)17-13-27-28-14-17;1-4-9-27(21-11-17(28-2)6-8-22(21)29-3)16-5-7-18-19(10-16)26-20(14-23-18)15-12-24-25-13-15;/h7-8,11-18,27H,6,9-10H2,1-5H3;6-7,10-17,26H,8-9H2,1-5H3;5-8,11-16,25H,9-10H2,1-4H3,(H,27,28);5-8,10-14H,4,9H2,1-3H3,(H,24,25);1H4/i6D2;;;;. The van der Waals surface area contributed by atoms with Crippen LogP contribution in [0.15, 0.2) is 220 Å². The van der Waals surface area contributed by atoms with Crippen LogP contribution in [0.3, 0.4) is 0 Å². The minimum atomic E-state index is -1.60. The molecular weight excluding hydrogens is 1630 g/mol. The van der Waals surface area contributed by atoms with Crippen LogP contribution in [-0.2, 0) is 6.50 Å². The molecule has 5 N–H and O–H groups in total. The van der Waals surface area contributed by atoms with E-state index in [-0.39, 0.29) is 7.43 Å². The zero-order valence-electron chi connectivity index (χ0n) is 77.5. The van der Waals surface area contributed by atoms with Crippen molar-refractivity contribution < 1.29 is 40.6 Å². The molecule has 0 amide bonds. The molecule has 0 unspecified atom stereocenters. The third-order valence-corrected chi connectivity index (χ3v) is 20.9. The summed E-state index contributed by atoms with van der Waals surface area (Å²) < 4.78 is 63.2. The SMILES string of the molecule is C.CCCN(c1ccc2ncc(-c3cn[nH]c3)nc2c1)c1cc(OC)ccc1OC.CNCCN(c1cc(OC)cc(OC)c1)c1ccc2ncc(-c3cnn(C(C)C)c3)nc2c1.COc1ccc(OC)c(N(CCNC(C)C)c2ccc3ncc(-c4cn[nH]c4)nc3c2)c1.[2H]C([2H])(C)n1cc(-c2cnc3ccc(N(CCNC(C)C)c4cc(OC)cc(OC)c4)cc3n2)cn1. The summed E-state index contributed by atoms with van der Waals surface area (Å²) in [4.78, 5) is 46.5. The fourth-order valence-electron chi connectivity index (χ4n) is 14.2. The second kappa shape index (κ2) is 45.0. The van der Waals surface area contributed by atoms with Crippen LogP contribution in [0.5, 0.6) is 46.0 Å². The number of ether oxygens (including phenoxy) is 8. The van der Waals surface area contributed by atoms with E-state index in [1.54, 1.807) is 106 Å². The summed E-state index contributed by atoms with van der Waals surface area (Å²) in [5.74, 6) is 6.01. The average Bonchev–Trinajstić information content (AvgIpc) is 1.79.